The van der Waals surface area contributed by atoms with Crippen LogP contribution in [0.25, 0.3) is 0 Å². The lowest BCUT2D eigenvalue weighted by atomic mass is 9.94. The molecule has 1 fully saturated rings. The van der Waals surface area contributed by atoms with Crippen LogP contribution >= 0.6 is 0 Å². The Labute approximate surface area is 100 Å². The van der Waals surface area contributed by atoms with Crippen LogP contribution in [0.3, 0.4) is 0 Å². The van der Waals surface area contributed by atoms with Gasteiger partial charge in [-0.15, -0.1) is 0 Å². The van der Waals surface area contributed by atoms with Crippen LogP contribution in [-0.2, 0) is 0 Å². The van der Waals surface area contributed by atoms with E-state index in [1.807, 2.05) is 36.9 Å². The Morgan fingerprint density at radius 2 is 1.12 bits per heavy atom. The van der Waals surface area contributed by atoms with E-state index in [1.165, 1.54) is 6.42 Å². The predicted molar refractivity (Wildman–Crippen MR) is 63.4 cm³/mol. The minimum atomic E-state index is 0.374. The second kappa shape index (κ2) is 4.57. The summed E-state index contributed by atoms with van der Waals surface area (Å²) >= 11 is 0. The van der Waals surface area contributed by atoms with Gasteiger partial charge in [-0.05, 0) is 25.0 Å². The molecule has 4 nitrogen and oxygen atoms in total. The largest absolute Gasteiger partial charge is 0.241 e. The molecule has 1 saturated carbocycles. The topological polar surface area (TPSA) is 51.6 Å². The lowest BCUT2D eigenvalue weighted by Crippen LogP contribution is -2.11. The van der Waals surface area contributed by atoms with E-state index in [2.05, 4.69) is 19.9 Å². The molecule has 1 aliphatic carbocycles. The molecule has 2 atom stereocenters. The fraction of sp³-hybridized carbons (Fsp3) is 0.385. The summed E-state index contributed by atoms with van der Waals surface area (Å²) in [6.45, 7) is 0. The molecule has 2 heterocycles. The zero-order chi connectivity index (χ0) is 11.5. The molecule has 17 heavy (non-hydrogen) atoms. The number of nitrogens with zero attached hydrogens (tertiary/aromatic N) is 4. The first-order valence-electron chi connectivity index (χ1n) is 5.99. The lowest BCUT2D eigenvalue weighted by Gasteiger charge is -2.16. The summed E-state index contributed by atoms with van der Waals surface area (Å²) in [6, 6.07) is 3.71. The first-order chi connectivity index (χ1) is 8.45. The molecule has 0 N–H and O–H groups in total. The van der Waals surface area contributed by atoms with Crippen LogP contribution in [0.15, 0.2) is 36.9 Å². The molecule has 0 amide bonds. The van der Waals surface area contributed by atoms with Crippen LogP contribution in [0.4, 0.5) is 0 Å². The Bertz CT molecular complexity index is 426. The zero-order valence-electron chi connectivity index (χ0n) is 9.53. The van der Waals surface area contributed by atoms with E-state index in [-0.39, 0.29) is 0 Å². The number of aromatic nitrogens is 4. The van der Waals surface area contributed by atoms with Crippen molar-refractivity contribution in [1.29, 1.82) is 0 Å². The summed E-state index contributed by atoms with van der Waals surface area (Å²) in [6.07, 6.45) is 10.7. The molecule has 0 radical (unpaired) electrons. The van der Waals surface area contributed by atoms with Crippen molar-refractivity contribution in [2.45, 2.75) is 31.1 Å². The maximum Gasteiger partial charge on any atom is 0.131 e. The van der Waals surface area contributed by atoms with Gasteiger partial charge in [0.1, 0.15) is 11.6 Å². The highest BCUT2D eigenvalue weighted by Crippen LogP contribution is 2.43. The third-order valence-corrected chi connectivity index (χ3v) is 3.35. The van der Waals surface area contributed by atoms with Gasteiger partial charge in [0.2, 0.25) is 0 Å². The van der Waals surface area contributed by atoms with E-state index < -0.39 is 0 Å². The SMILES string of the molecule is c1cnc(C2CCCC2c2ncccn2)nc1. The van der Waals surface area contributed by atoms with Crippen LogP contribution in [0.5, 0.6) is 0 Å². The van der Waals surface area contributed by atoms with Crippen molar-refractivity contribution in [2.75, 3.05) is 0 Å². The number of hydrogen-bond donors (Lipinski definition) is 0. The van der Waals surface area contributed by atoms with Crippen molar-refractivity contribution in [3.63, 3.8) is 0 Å². The van der Waals surface area contributed by atoms with E-state index in [1.54, 1.807) is 0 Å². The molecule has 0 saturated heterocycles. The molecule has 0 aliphatic heterocycles. The van der Waals surface area contributed by atoms with Gasteiger partial charge in [-0.25, -0.2) is 19.9 Å². The van der Waals surface area contributed by atoms with E-state index in [4.69, 9.17) is 0 Å². The van der Waals surface area contributed by atoms with Gasteiger partial charge in [0.25, 0.3) is 0 Å². The summed E-state index contributed by atoms with van der Waals surface area (Å²) in [5.74, 6) is 2.61. The molecular weight excluding hydrogens is 212 g/mol. The average molecular weight is 226 g/mol. The fourth-order valence-electron chi connectivity index (χ4n) is 2.58. The third kappa shape index (κ3) is 2.02. The van der Waals surface area contributed by atoms with E-state index in [0.29, 0.717) is 11.8 Å². The summed E-state index contributed by atoms with van der Waals surface area (Å²) in [5, 5.41) is 0. The molecule has 2 aromatic rings. The smallest absolute Gasteiger partial charge is 0.131 e. The zero-order valence-corrected chi connectivity index (χ0v) is 9.53. The van der Waals surface area contributed by atoms with Crippen molar-refractivity contribution in [3.8, 4) is 0 Å². The first-order valence-corrected chi connectivity index (χ1v) is 5.99. The maximum atomic E-state index is 4.37. The Morgan fingerprint density at radius 3 is 1.53 bits per heavy atom. The van der Waals surface area contributed by atoms with Crippen molar-refractivity contribution in [2.24, 2.45) is 0 Å². The van der Waals surface area contributed by atoms with Crippen LogP contribution in [0, 0.1) is 0 Å². The molecule has 2 aromatic heterocycles. The molecule has 4 heteroatoms. The quantitative estimate of drug-likeness (QED) is 0.788. The highest BCUT2D eigenvalue weighted by Gasteiger charge is 2.33. The van der Waals surface area contributed by atoms with Gasteiger partial charge in [0.05, 0.1) is 0 Å². The summed E-state index contributed by atoms with van der Waals surface area (Å²) in [5.41, 5.74) is 0. The third-order valence-electron chi connectivity index (χ3n) is 3.35. The summed E-state index contributed by atoms with van der Waals surface area (Å²) in [7, 11) is 0. The molecule has 3 rings (SSSR count). The Morgan fingerprint density at radius 1 is 0.706 bits per heavy atom. The van der Waals surface area contributed by atoms with Crippen molar-refractivity contribution in [1.82, 2.24) is 19.9 Å². The minimum Gasteiger partial charge on any atom is -0.241 e. The summed E-state index contributed by atoms with van der Waals surface area (Å²) < 4.78 is 0. The van der Waals surface area contributed by atoms with Gasteiger partial charge >= 0.3 is 0 Å². The second-order valence-electron chi connectivity index (χ2n) is 4.36. The first kappa shape index (κ1) is 10.3. The van der Waals surface area contributed by atoms with Gasteiger partial charge in [-0.1, -0.05) is 6.42 Å². The number of hydrogen-bond acceptors (Lipinski definition) is 4. The molecule has 1 aliphatic rings. The van der Waals surface area contributed by atoms with Crippen LogP contribution in [0.1, 0.15) is 42.7 Å². The summed E-state index contributed by atoms with van der Waals surface area (Å²) in [4.78, 5) is 17.5. The monoisotopic (exact) mass is 226 g/mol. The van der Waals surface area contributed by atoms with Gasteiger partial charge in [-0.3, -0.25) is 0 Å². The molecular formula is C13H14N4. The highest BCUT2D eigenvalue weighted by molar-refractivity contribution is 5.12. The average Bonchev–Trinajstić information content (AvgIpc) is 2.90. The van der Waals surface area contributed by atoms with Crippen LogP contribution in [0.2, 0.25) is 0 Å². The highest BCUT2D eigenvalue weighted by atomic mass is 14.9. The van der Waals surface area contributed by atoms with Gasteiger partial charge in [0.15, 0.2) is 0 Å². The normalized spacial score (nSPS) is 23.8. The van der Waals surface area contributed by atoms with E-state index in [0.717, 1.165) is 24.5 Å². The van der Waals surface area contributed by atoms with Gasteiger partial charge in [0, 0.05) is 36.6 Å². The lowest BCUT2D eigenvalue weighted by molar-refractivity contribution is 0.560. The Balaban J connectivity index is 1.91. The van der Waals surface area contributed by atoms with E-state index in [9.17, 15) is 0 Å². The van der Waals surface area contributed by atoms with Crippen LogP contribution in [-0.4, -0.2) is 19.9 Å². The maximum absolute atomic E-state index is 4.37. The number of rotatable bonds is 2. The minimum absolute atomic E-state index is 0.374. The van der Waals surface area contributed by atoms with Crippen molar-refractivity contribution < 1.29 is 0 Å². The second-order valence-corrected chi connectivity index (χ2v) is 4.36. The Hall–Kier alpha value is -1.84. The standard InChI is InChI=1S/C13H14N4/c1-4-10(12-14-6-2-7-15-12)11(5-1)13-16-8-3-9-17-13/h2-3,6-11H,1,4-5H2. The molecule has 86 valence electrons. The van der Waals surface area contributed by atoms with Gasteiger partial charge < -0.3 is 0 Å². The van der Waals surface area contributed by atoms with Crippen LogP contribution < -0.4 is 0 Å². The molecule has 2 unspecified atom stereocenters. The van der Waals surface area contributed by atoms with Gasteiger partial charge in [-0.2, -0.15) is 0 Å². The van der Waals surface area contributed by atoms with Crippen molar-refractivity contribution >= 4 is 0 Å². The Kier molecular flexibility index (Phi) is 2.78. The predicted octanol–water partition coefficient (Wildman–Crippen LogP) is 2.32. The molecule has 0 bridgehead atoms. The molecule has 0 spiro atoms. The van der Waals surface area contributed by atoms with Crippen molar-refractivity contribution in [3.05, 3.63) is 48.6 Å². The van der Waals surface area contributed by atoms with E-state index >= 15 is 0 Å². The molecule has 0 aromatic carbocycles. The fourth-order valence-corrected chi connectivity index (χ4v) is 2.58.